The minimum absolute atomic E-state index is 0.228. The summed E-state index contributed by atoms with van der Waals surface area (Å²) in [6.07, 6.45) is 2.36. The number of carbonyl (C=O) groups excluding carboxylic acids is 2. The lowest BCUT2D eigenvalue weighted by Crippen LogP contribution is -2.52. The Morgan fingerprint density at radius 3 is 2.69 bits per heavy atom. The maximum atomic E-state index is 12.8. The summed E-state index contributed by atoms with van der Waals surface area (Å²) in [6.45, 7) is 5.26. The number of piperazine rings is 1. The molecule has 8 nitrogen and oxygen atoms in total. The van der Waals surface area contributed by atoms with Gasteiger partial charge in [0, 0.05) is 43.7 Å². The van der Waals surface area contributed by atoms with E-state index in [4.69, 9.17) is 4.42 Å². The van der Waals surface area contributed by atoms with Crippen molar-refractivity contribution in [3.8, 4) is 0 Å². The number of carbonyl (C=O) groups is 2. The number of hydrazone groups is 1. The van der Waals surface area contributed by atoms with Crippen molar-refractivity contribution in [3.63, 3.8) is 0 Å². The van der Waals surface area contributed by atoms with Gasteiger partial charge in [-0.25, -0.2) is 10.4 Å². The van der Waals surface area contributed by atoms with Gasteiger partial charge < -0.3 is 9.32 Å². The summed E-state index contributed by atoms with van der Waals surface area (Å²) in [5, 5.41) is 8.14. The van der Waals surface area contributed by atoms with Crippen LogP contribution < -0.4 is 10.9 Å². The van der Waals surface area contributed by atoms with Gasteiger partial charge in [-0.3, -0.25) is 15.0 Å². The van der Waals surface area contributed by atoms with Crippen molar-refractivity contribution in [2.24, 2.45) is 5.10 Å². The molecule has 0 spiro atoms. The normalized spacial score (nSPS) is 19.2. The molecule has 0 radical (unpaired) electrons. The molecule has 1 aliphatic heterocycles. The molecular weight excluding hydrogens is 390 g/mol. The van der Waals surface area contributed by atoms with Crippen molar-refractivity contribution in [1.29, 1.82) is 0 Å². The largest absolute Gasteiger partial charge is 0.455 e. The zero-order chi connectivity index (χ0) is 20.4. The van der Waals surface area contributed by atoms with Gasteiger partial charge >= 0.3 is 5.91 Å². The Kier molecular flexibility index (Phi) is 5.79. The Labute approximate surface area is 173 Å². The topological polar surface area (TPSA) is 90.2 Å². The van der Waals surface area contributed by atoms with Crippen molar-refractivity contribution in [1.82, 2.24) is 20.8 Å². The van der Waals surface area contributed by atoms with E-state index in [-0.39, 0.29) is 11.8 Å². The lowest BCUT2D eigenvalue weighted by molar-refractivity contribution is 0.0634. The smallest absolute Gasteiger partial charge is 0.301 e. The van der Waals surface area contributed by atoms with E-state index in [9.17, 15) is 9.59 Å². The minimum atomic E-state index is -0.233. The second kappa shape index (κ2) is 8.48. The van der Waals surface area contributed by atoms with Crippen LogP contribution in [0.25, 0.3) is 0 Å². The van der Waals surface area contributed by atoms with Crippen LogP contribution in [0.5, 0.6) is 0 Å². The van der Waals surface area contributed by atoms with Crippen molar-refractivity contribution in [3.05, 3.63) is 45.0 Å². The highest BCUT2D eigenvalue weighted by Crippen LogP contribution is 2.30. The molecule has 3 heterocycles. The van der Waals surface area contributed by atoms with Crippen LogP contribution in [0.4, 0.5) is 0 Å². The molecule has 1 aliphatic carbocycles. The van der Waals surface area contributed by atoms with Crippen LogP contribution in [0.3, 0.4) is 0 Å². The molecule has 154 valence electrons. The average Bonchev–Trinajstić information content (AvgIpc) is 3.37. The Morgan fingerprint density at radius 2 is 1.97 bits per heavy atom. The standard InChI is InChI=1S/C20H25N5O3S/c1-13-17-14(21-22-19(26)16-7-4-12-29-16)5-3-6-15(17)28-18(13)20(27)23-25-10-8-24(2)9-11-25/h4,7,12H,3,5-6,8-11H2,1-2H3,(H,22,26)(H,23,27)/b21-14+. The summed E-state index contributed by atoms with van der Waals surface area (Å²) in [4.78, 5) is 27.8. The van der Waals surface area contributed by atoms with Crippen molar-refractivity contribution >= 4 is 28.9 Å². The summed E-state index contributed by atoms with van der Waals surface area (Å²) in [5.74, 6) is 0.631. The summed E-state index contributed by atoms with van der Waals surface area (Å²) in [7, 11) is 2.07. The summed E-state index contributed by atoms with van der Waals surface area (Å²) >= 11 is 1.37. The monoisotopic (exact) mass is 415 g/mol. The van der Waals surface area contributed by atoms with Gasteiger partial charge in [0.1, 0.15) is 5.76 Å². The number of hydrogen-bond donors (Lipinski definition) is 2. The van der Waals surface area contributed by atoms with Gasteiger partial charge in [-0.15, -0.1) is 11.3 Å². The first kappa shape index (κ1) is 19.8. The molecule has 2 aliphatic rings. The fraction of sp³-hybridized carbons (Fsp3) is 0.450. The second-order valence-electron chi connectivity index (χ2n) is 7.42. The van der Waals surface area contributed by atoms with E-state index >= 15 is 0 Å². The molecule has 0 saturated carbocycles. The van der Waals surface area contributed by atoms with Gasteiger partial charge in [0.15, 0.2) is 5.76 Å². The van der Waals surface area contributed by atoms with Crippen LogP contribution in [-0.2, 0) is 6.42 Å². The van der Waals surface area contributed by atoms with Crippen LogP contribution in [-0.4, -0.2) is 60.7 Å². The molecule has 29 heavy (non-hydrogen) atoms. The number of likely N-dealkylation sites (N-methyl/N-ethyl adjacent to an activating group) is 1. The number of nitrogens with one attached hydrogen (secondary N) is 2. The number of hydrazine groups is 1. The summed E-state index contributed by atoms with van der Waals surface area (Å²) < 4.78 is 5.93. The fourth-order valence-electron chi connectivity index (χ4n) is 3.69. The van der Waals surface area contributed by atoms with Gasteiger partial charge in [-0.2, -0.15) is 5.10 Å². The van der Waals surface area contributed by atoms with E-state index < -0.39 is 0 Å². The molecule has 0 aromatic carbocycles. The van der Waals surface area contributed by atoms with Crippen molar-refractivity contribution < 1.29 is 14.0 Å². The summed E-state index contributed by atoms with van der Waals surface area (Å²) in [6, 6.07) is 3.59. The Balaban J connectivity index is 1.50. The third-order valence-electron chi connectivity index (χ3n) is 5.33. The predicted octanol–water partition coefficient (Wildman–Crippen LogP) is 2.01. The number of hydrogen-bond acceptors (Lipinski definition) is 7. The number of nitrogens with zero attached hydrogens (tertiary/aromatic N) is 3. The molecule has 2 amide bonds. The predicted molar refractivity (Wildman–Crippen MR) is 111 cm³/mol. The maximum absolute atomic E-state index is 12.8. The highest BCUT2D eigenvalue weighted by Gasteiger charge is 2.29. The first-order valence-corrected chi connectivity index (χ1v) is 10.7. The Hall–Kier alpha value is -2.49. The van der Waals surface area contributed by atoms with Crippen molar-refractivity contribution in [2.45, 2.75) is 26.2 Å². The highest BCUT2D eigenvalue weighted by molar-refractivity contribution is 7.12. The number of rotatable bonds is 4. The molecule has 2 N–H and O–H groups in total. The molecule has 1 fully saturated rings. The van der Waals surface area contributed by atoms with Gasteiger partial charge in [0.05, 0.1) is 10.6 Å². The van der Waals surface area contributed by atoms with E-state index in [1.54, 1.807) is 6.07 Å². The zero-order valence-corrected chi connectivity index (χ0v) is 17.5. The molecule has 1 saturated heterocycles. The third-order valence-corrected chi connectivity index (χ3v) is 6.20. The molecule has 9 heteroatoms. The molecule has 0 unspecified atom stereocenters. The first-order valence-electron chi connectivity index (χ1n) is 9.80. The van der Waals surface area contributed by atoms with E-state index in [0.29, 0.717) is 10.6 Å². The van der Waals surface area contributed by atoms with E-state index in [0.717, 1.165) is 68.0 Å². The molecule has 0 bridgehead atoms. The van der Waals surface area contributed by atoms with Crippen LogP contribution in [0.15, 0.2) is 27.0 Å². The van der Waals surface area contributed by atoms with E-state index in [2.05, 4.69) is 27.9 Å². The lowest BCUT2D eigenvalue weighted by Gasteiger charge is -2.32. The molecule has 2 aromatic rings. The Morgan fingerprint density at radius 1 is 1.17 bits per heavy atom. The SMILES string of the molecule is Cc1c(C(=O)NN2CCN(C)CC2)oc2c1/C(=N/NC(=O)c1cccs1)CCC2. The molecular formula is C20H25N5O3S. The van der Waals surface area contributed by atoms with Gasteiger partial charge in [0.2, 0.25) is 0 Å². The van der Waals surface area contributed by atoms with Crippen LogP contribution >= 0.6 is 11.3 Å². The minimum Gasteiger partial charge on any atom is -0.455 e. The summed E-state index contributed by atoms with van der Waals surface area (Å²) in [5.41, 5.74) is 7.98. The van der Waals surface area contributed by atoms with Crippen LogP contribution in [0.1, 0.15) is 50.0 Å². The highest BCUT2D eigenvalue weighted by atomic mass is 32.1. The maximum Gasteiger partial charge on any atom is 0.301 e. The number of aryl methyl sites for hydroxylation is 1. The van der Waals surface area contributed by atoms with E-state index in [1.807, 2.05) is 23.4 Å². The van der Waals surface area contributed by atoms with Gasteiger partial charge in [-0.1, -0.05) is 6.07 Å². The van der Waals surface area contributed by atoms with E-state index in [1.165, 1.54) is 11.3 Å². The first-order chi connectivity index (χ1) is 14.0. The lowest BCUT2D eigenvalue weighted by atomic mass is 9.93. The van der Waals surface area contributed by atoms with Gasteiger partial charge in [-0.05, 0) is 38.3 Å². The van der Waals surface area contributed by atoms with Crippen molar-refractivity contribution in [2.75, 3.05) is 33.2 Å². The molecule has 0 atom stereocenters. The quantitative estimate of drug-likeness (QED) is 0.746. The number of amides is 2. The molecule has 2 aromatic heterocycles. The van der Waals surface area contributed by atoms with Crippen LogP contribution in [0.2, 0.25) is 0 Å². The van der Waals surface area contributed by atoms with Gasteiger partial charge in [0.25, 0.3) is 5.91 Å². The second-order valence-corrected chi connectivity index (χ2v) is 8.36. The third kappa shape index (κ3) is 4.26. The number of furan rings is 1. The molecule has 4 rings (SSSR count). The fourth-order valence-corrected chi connectivity index (χ4v) is 4.30. The van der Waals surface area contributed by atoms with Crippen LogP contribution in [0, 0.1) is 6.92 Å². The number of fused-ring (bicyclic) bond motifs is 1. The zero-order valence-electron chi connectivity index (χ0n) is 16.7. The average molecular weight is 416 g/mol. The number of thiophene rings is 1. The Bertz CT molecular complexity index is 926.